The molecular weight excluding hydrogens is 212 g/mol. The summed E-state index contributed by atoms with van der Waals surface area (Å²) in [6, 6.07) is 6.45. The standard InChI is InChI=1S/C13H14N4/c14-6-3-7-17-15-12-8-10-4-1-2-5-11(10)9-13(12)16-17/h8-9H,1-5,7H2. The van der Waals surface area contributed by atoms with Crippen LogP contribution in [0.1, 0.15) is 30.4 Å². The number of rotatable bonds is 2. The van der Waals surface area contributed by atoms with Crippen LogP contribution in [-0.4, -0.2) is 15.0 Å². The number of aryl methyl sites for hydroxylation is 3. The first-order chi connectivity index (χ1) is 8.36. The topological polar surface area (TPSA) is 54.5 Å². The monoisotopic (exact) mass is 226 g/mol. The minimum absolute atomic E-state index is 0.459. The summed E-state index contributed by atoms with van der Waals surface area (Å²) in [4.78, 5) is 1.64. The number of nitrogens with zero attached hydrogens (tertiary/aromatic N) is 4. The number of hydrogen-bond donors (Lipinski definition) is 0. The zero-order valence-corrected chi connectivity index (χ0v) is 9.69. The lowest BCUT2D eigenvalue weighted by Gasteiger charge is -2.14. The van der Waals surface area contributed by atoms with Crippen LogP contribution in [0.3, 0.4) is 0 Å². The molecule has 0 amide bonds. The third kappa shape index (κ3) is 1.89. The predicted molar refractivity (Wildman–Crippen MR) is 64.4 cm³/mol. The largest absolute Gasteiger partial charge is 0.198 e. The summed E-state index contributed by atoms with van der Waals surface area (Å²) in [5, 5.41) is 17.4. The molecule has 0 aliphatic heterocycles. The summed E-state index contributed by atoms with van der Waals surface area (Å²) in [6.07, 6.45) is 5.34. The predicted octanol–water partition coefficient (Wildman–Crippen LogP) is 2.22. The van der Waals surface area contributed by atoms with Crippen molar-refractivity contribution < 1.29 is 0 Å². The van der Waals surface area contributed by atoms with E-state index in [2.05, 4.69) is 28.4 Å². The lowest BCUT2D eigenvalue weighted by Crippen LogP contribution is -2.01. The Morgan fingerprint density at radius 3 is 2.24 bits per heavy atom. The van der Waals surface area contributed by atoms with Crippen molar-refractivity contribution in [2.75, 3.05) is 0 Å². The van der Waals surface area contributed by atoms with E-state index in [0.29, 0.717) is 13.0 Å². The maximum Gasteiger partial charge on any atom is 0.113 e. The number of aromatic nitrogens is 3. The Hall–Kier alpha value is -1.89. The quantitative estimate of drug-likeness (QED) is 0.789. The highest BCUT2D eigenvalue weighted by Crippen LogP contribution is 2.24. The Kier molecular flexibility index (Phi) is 2.52. The molecule has 0 saturated heterocycles. The molecule has 0 saturated carbocycles. The molecule has 2 aromatic rings. The molecular formula is C13H14N4. The van der Waals surface area contributed by atoms with Gasteiger partial charge in [0.2, 0.25) is 0 Å². The van der Waals surface area contributed by atoms with Crippen LogP contribution in [0.15, 0.2) is 12.1 Å². The maximum absolute atomic E-state index is 8.56. The summed E-state index contributed by atoms with van der Waals surface area (Å²) in [5.41, 5.74) is 4.78. The van der Waals surface area contributed by atoms with Crippen molar-refractivity contribution in [3.05, 3.63) is 23.3 Å². The molecule has 0 bridgehead atoms. The fourth-order valence-corrected chi connectivity index (χ4v) is 2.44. The smallest absolute Gasteiger partial charge is 0.113 e. The molecule has 1 heterocycles. The fourth-order valence-electron chi connectivity index (χ4n) is 2.44. The van der Waals surface area contributed by atoms with E-state index in [1.165, 1.54) is 24.0 Å². The first-order valence-corrected chi connectivity index (χ1v) is 6.10. The fraction of sp³-hybridized carbons (Fsp3) is 0.462. The van der Waals surface area contributed by atoms with Crippen LogP contribution in [0.2, 0.25) is 0 Å². The highest BCUT2D eigenvalue weighted by atomic mass is 15.5. The van der Waals surface area contributed by atoms with Gasteiger partial charge in [-0.1, -0.05) is 0 Å². The maximum atomic E-state index is 8.56. The Balaban J connectivity index is 2.01. The highest BCUT2D eigenvalue weighted by Gasteiger charge is 2.12. The average molecular weight is 226 g/mol. The van der Waals surface area contributed by atoms with Gasteiger partial charge in [-0.2, -0.15) is 20.3 Å². The van der Waals surface area contributed by atoms with Gasteiger partial charge in [0.15, 0.2) is 0 Å². The van der Waals surface area contributed by atoms with Crippen molar-refractivity contribution in [2.45, 2.75) is 38.6 Å². The Morgan fingerprint density at radius 2 is 1.71 bits per heavy atom. The van der Waals surface area contributed by atoms with Crippen LogP contribution >= 0.6 is 0 Å². The van der Waals surface area contributed by atoms with Gasteiger partial charge in [-0.05, 0) is 48.9 Å². The first kappa shape index (κ1) is 10.3. The van der Waals surface area contributed by atoms with Gasteiger partial charge in [-0.15, -0.1) is 0 Å². The Labute approximate surface area is 99.8 Å². The summed E-state index contributed by atoms with van der Waals surface area (Å²) >= 11 is 0. The Morgan fingerprint density at radius 1 is 1.12 bits per heavy atom. The van der Waals surface area contributed by atoms with E-state index >= 15 is 0 Å². The molecule has 1 aliphatic carbocycles. The second-order valence-corrected chi connectivity index (χ2v) is 4.52. The van der Waals surface area contributed by atoms with E-state index < -0.39 is 0 Å². The average Bonchev–Trinajstić information content (AvgIpc) is 2.75. The molecule has 0 N–H and O–H groups in total. The molecule has 86 valence electrons. The third-order valence-electron chi connectivity index (χ3n) is 3.31. The van der Waals surface area contributed by atoms with E-state index in [1.807, 2.05) is 0 Å². The highest BCUT2D eigenvalue weighted by molar-refractivity contribution is 5.76. The van der Waals surface area contributed by atoms with Crippen molar-refractivity contribution in [3.63, 3.8) is 0 Å². The minimum Gasteiger partial charge on any atom is -0.198 e. The summed E-state index contributed by atoms with van der Waals surface area (Å²) in [5.74, 6) is 0. The molecule has 4 nitrogen and oxygen atoms in total. The second kappa shape index (κ2) is 4.17. The second-order valence-electron chi connectivity index (χ2n) is 4.52. The van der Waals surface area contributed by atoms with Gasteiger partial charge in [0.25, 0.3) is 0 Å². The molecule has 1 aromatic heterocycles. The number of fused-ring (bicyclic) bond motifs is 2. The van der Waals surface area contributed by atoms with Crippen molar-refractivity contribution in [1.29, 1.82) is 5.26 Å². The van der Waals surface area contributed by atoms with Crippen LogP contribution in [0.25, 0.3) is 11.0 Å². The molecule has 3 rings (SSSR count). The van der Waals surface area contributed by atoms with Crippen LogP contribution in [0.4, 0.5) is 0 Å². The lowest BCUT2D eigenvalue weighted by atomic mass is 9.91. The molecule has 1 aliphatic rings. The third-order valence-corrected chi connectivity index (χ3v) is 3.31. The molecule has 4 heteroatoms. The molecule has 0 radical (unpaired) electrons. The molecule has 0 fully saturated rings. The van der Waals surface area contributed by atoms with Crippen LogP contribution < -0.4 is 0 Å². The van der Waals surface area contributed by atoms with Gasteiger partial charge in [0.05, 0.1) is 19.0 Å². The number of nitriles is 1. The van der Waals surface area contributed by atoms with Crippen molar-refractivity contribution in [3.8, 4) is 6.07 Å². The van der Waals surface area contributed by atoms with Crippen molar-refractivity contribution >= 4 is 11.0 Å². The van der Waals surface area contributed by atoms with Gasteiger partial charge in [0, 0.05) is 0 Å². The van der Waals surface area contributed by atoms with Crippen LogP contribution in [0.5, 0.6) is 0 Å². The molecule has 17 heavy (non-hydrogen) atoms. The number of benzene rings is 1. The van der Waals surface area contributed by atoms with E-state index in [9.17, 15) is 0 Å². The van der Waals surface area contributed by atoms with Gasteiger partial charge < -0.3 is 0 Å². The summed E-state index contributed by atoms with van der Waals surface area (Å²) in [6.45, 7) is 0.579. The SMILES string of the molecule is N#CCCn1nc2cc3c(cc2n1)CCCC3. The van der Waals surface area contributed by atoms with E-state index in [-0.39, 0.29) is 0 Å². The summed E-state index contributed by atoms with van der Waals surface area (Å²) in [7, 11) is 0. The van der Waals surface area contributed by atoms with Crippen LogP contribution in [0, 0.1) is 11.3 Å². The van der Waals surface area contributed by atoms with Gasteiger partial charge in [-0.3, -0.25) is 0 Å². The first-order valence-electron chi connectivity index (χ1n) is 6.10. The molecule has 0 unspecified atom stereocenters. The van der Waals surface area contributed by atoms with Crippen LogP contribution in [-0.2, 0) is 19.4 Å². The Bertz CT molecular complexity index is 548. The zero-order chi connectivity index (χ0) is 11.7. The summed E-state index contributed by atoms with van der Waals surface area (Å²) < 4.78 is 0. The van der Waals surface area contributed by atoms with E-state index in [0.717, 1.165) is 23.9 Å². The van der Waals surface area contributed by atoms with E-state index in [1.54, 1.807) is 4.80 Å². The minimum atomic E-state index is 0.459. The molecule has 0 spiro atoms. The molecule has 0 atom stereocenters. The van der Waals surface area contributed by atoms with Gasteiger partial charge in [-0.25, -0.2) is 0 Å². The van der Waals surface area contributed by atoms with Gasteiger partial charge in [0.1, 0.15) is 11.0 Å². The van der Waals surface area contributed by atoms with Crippen molar-refractivity contribution in [2.24, 2.45) is 0 Å². The number of hydrogen-bond acceptors (Lipinski definition) is 3. The van der Waals surface area contributed by atoms with Gasteiger partial charge >= 0.3 is 0 Å². The molecule has 1 aromatic carbocycles. The van der Waals surface area contributed by atoms with Crippen molar-refractivity contribution in [1.82, 2.24) is 15.0 Å². The lowest BCUT2D eigenvalue weighted by molar-refractivity contribution is 0.554. The van der Waals surface area contributed by atoms with E-state index in [4.69, 9.17) is 5.26 Å². The normalized spacial score (nSPS) is 14.5. The zero-order valence-electron chi connectivity index (χ0n) is 9.69.